The number of hydrogen-bond donors (Lipinski definition) is 2. The van der Waals surface area contributed by atoms with E-state index in [2.05, 4.69) is 15.3 Å². The Morgan fingerprint density at radius 2 is 2.19 bits per heavy atom. The van der Waals surface area contributed by atoms with Gasteiger partial charge in [0, 0.05) is 18.0 Å². The predicted molar refractivity (Wildman–Crippen MR) is 56.4 cm³/mol. The summed E-state index contributed by atoms with van der Waals surface area (Å²) >= 11 is 0. The van der Waals surface area contributed by atoms with Gasteiger partial charge in [-0.25, -0.2) is 14.8 Å². The number of aromatic nitrogens is 2. The summed E-state index contributed by atoms with van der Waals surface area (Å²) in [6.07, 6.45) is 2.89. The van der Waals surface area contributed by atoms with Crippen LogP contribution in [0.2, 0.25) is 0 Å². The monoisotopic (exact) mass is 219 g/mol. The smallest absolute Gasteiger partial charge is 0.354 e. The topological polar surface area (TPSA) is 75.1 Å². The molecule has 0 atom stereocenters. The molecule has 1 aliphatic carbocycles. The molecule has 0 bridgehead atoms. The maximum atomic E-state index is 11.2. The zero-order chi connectivity index (χ0) is 11.1. The molecule has 5 heteroatoms. The molecule has 2 heterocycles. The maximum absolute atomic E-state index is 11.2. The molecule has 84 valence electrons. The number of nitrogens with one attached hydrogen (secondary N) is 1. The Morgan fingerprint density at radius 3 is 2.88 bits per heavy atom. The molecule has 5 nitrogen and oxygen atoms in total. The lowest BCUT2D eigenvalue weighted by Crippen LogP contribution is -2.28. The largest absolute Gasteiger partial charge is 0.477 e. The third-order valence-electron chi connectivity index (χ3n) is 3.10. The summed E-state index contributed by atoms with van der Waals surface area (Å²) in [7, 11) is 0. The van der Waals surface area contributed by atoms with Gasteiger partial charge in [-0.3, -0.25) is 0 Å². The second-order valence-corrected chi connectivity index (χ2v) is 4.36. The van der Waals surface area contributed by atoms with Gasteiger partial charge < -0.3 is 10.4 Å². The van der Waals surface area contributed by atoms with E-state index in [9.17, 15) is 4.79 Å². The summed E-state index contributed by atoms with van der Waals surface area (Å²) in [6, 6.07) is 0. The van der Waals surface area contributed by atoms with Crippen LogP contribution >= 0.6 is 0 Å². The molecule has 0 saturated heterocycles. The molecule has 2 N–H and O–H groups in total. The molecule has 2 aliphatic rings. The van der Waals surface area contributed by atoms with Crippen LogP contribution in [0.4, 0.5) is 0 Å². The number of aromatic carboxylic acids is 1. The first-order valence-electron chi connectivity index (χ1n) is 5.59. The molecule has 0 radical (unpaired) electrons. The number of rotatable bonds is 2. The lowest BCUT2D eigenvalue weighted by atomic mass is 10.0. The number of carboxylic acids is 1. The van der Waals surface area contributed by atoms with Gasteiger partial charge >= 0.3 is 5.97 Å². The molecule has 1 aliphatic heterocycles. The van der Waals surface area contributed by atoms with Crippen molar-refractivity contribution in [3.05, 3.63) is 22.8 Å². The van der Waals surface area contributed by atoms with Gasteiger partial charge in [-0.15, -0.1) is 0 Å². The molecule has 0 amide bonds. The summed E-state index contributed by atoms with van der Waals surface area (Å²) in [5.74, 6) is 0.188. The van der Waals surface area contributed by atoms with Crippen molar-refractivity contribution in [1.82, 2.24) is 15.3 Å². The lowest BCUT2D eigenvalue weighted by molar-refractivity contribution is 0.0688. The van der Waals surface area contributed by atoms with Crippen LogP contribution in [0.5, 0.6) is 0 Å². The van der Waals surface area contributed by atoms with E-state index >= 15 is 0 Å². The van der Waals surface area contributed by atoms with Crippen molar-refractivity contribution in [2.75, 3.05) is 6.54 Å². The number of nitrogens with zero attached hydrogens (tertiary/aromatic N) is 2. The van der Waals surface area contributed by atoms with Crippen LogP contribution in [0, 0.1) is 0 Å². The SMILES string of the molecule is O=C(O)c1nc(C2CC2)nc2c1CCNC2. The molecular weight excluding hydrogens is 206 g/mol. The van der Waals surface area contributed by atoms with Crippen molar-refractivity contribution in [2.45, 2.75) is 31.7 Å². The van der Waals surface area contributed by atoms with Crippen LogP contribution in [0.1, 0.15) is 46.3 Å². The van der Waals surface area contributed by atoms with Crippen LogP contribution in [-0.4, -0.2) is 27.6 Å². The Labute approximate surface area is 92.9 Å². The fraction of sp³-hybridized carbons (Fsp3) is 0.545. The highest BCUT2D eigenvalue weighted by atomic mass is 16.4. The summed E-state index contributed by atoms with van der Waals surface area (Å²) in [6.45, 7) is 1.47. The van der Waals surface area contributed by atoms with E-state index in [1.165, 1.54) is 0 Å². The lowest BCUT2D eigenvalue weighted by Gasteiger charge is -2.18. The van der Waals surface area contributed by atoms with E-state index in [0.717, 1.165) is 36.5 Å². The zero-order valence-corrected chi connectivity index (χ0v) is 8.86. The van der Waals surface area contributed by atoms with Crippen molar-refractivity contribution < 1.29 is 9.90 Å². The van der Waals surface area contributed by atoms with E-state index in [1.807, 2.05) is 0 Å². The van der Waals surface area contributed by atoms with Crippen molar-refractivity contribution in [2.24, 2.45) is 0 Å². The predicted octanol–water partition coefficient (Wildman–Crippen LogP) is 0.698. The second kappa shape index (κ2) is 3.52. The molecule has 1 saturated carbocycles. The molecule has 0 spiro atoms. The van der Waals surface area contributed by atoms with Gasteiger partial charge in [0.1, 0.15) is 5.82 Å². The molecule has 1 aromatic rings. The van der Waals surface area contributed by atoms with Crippen molar-refractivity contribution in [1.29, 1.82) is 0 Å². The average molecular weight is 219 g/mol. The number of carboxylic acid groups (broad SMARTS) is 1. The Hall–Kier alpha value is -1.49. The van der Waals surface area contributed by atoms with E-state index in [-0.39, 0.29) is 5.69 Å². The number of fused-ring (bicyclic) bond motifs is 1. The van der Waals surface area contributed by atoms with Crippen molar-refractivity contribution in [3.8, 4) is 0 Å². The normalized spacial score (nSPS) is 19.2. The minimum absolute atomic E-state index is 0.216. The quantitative estimate of drug-likeness (QED) is 0.765. The fourth-order valence-electron chi connectivity index (χ4n) is 2.08. The summed E-state index contributed by atoms with van der Waals surface area (Å²) in [4.78, 5) is 19.8. The minimum Gasteiger partial charge on any atom is -0.477 e. The summed E-state index contributed by atoms with van der Waals surface area (Å²) in [5, 5.41) is 12.4. The third kappa shape index (κ3) is 1.57. The molecule has 1 aromatic heterocycles. The zero-order valence-electron chi connectivity index (χ0n) is 8.86. The highest BCUT2D eigenvalue weighted by Crippen LogP contribution is 2.38. The Bertz CT molecular complexity index is 455. The average Bonchev–Trinajstić information content (AvgIpc) is 3.11. The van der Waals surface area contributed by atoms with Crippen LogP contribution in [0.25, 0.3) is 0 Å². The van der Waals surface area contributed by atoms with Gasteiger partial charge in [0.25, 0.3) is 0 Å². The highest BCUT2D eigenvalue weighted by Gasteiger charge is 2.30. The van der Waals surface area contributed by atoms with Crippen LogP contribution < -0.4 is 5.32 Å². The first-order valence-corrected chi connectivity index (χ1v) is 5.59. The summed E-state index contributed by atoms with van der Waals surface area (Å²) < 4.78 is 0. The minimum atomic E-state index is -0.928. The third-order valence-corrected chi connectivity index (χ3v) is 3.10. The highest BCUT2D eigenvalue weighted by molar-refractivity contribution is 5.87. The standard InChI is InChI=1S/C11H13N3O2/c15-11(16)9-7-3-4-12-5-8(7)13-10(14-9)6-1-2-6/h6,12H,1-5H2,(H,15,16). The molecule has 0 aromatic carbocycles. The van der Waals surface area contributed by atoms with E-state index < -0.39 is 5.97 Å². The van der Waals surface area contributed by atoms with Crippen LogP contribution in [0.3, 0.4) is 0 Å². The van der Waals surface area contributed by atoms with Gasteiger partial charge in [-0.05, 0) is 25.8 Å². The first-order chi connectivity index (χ1) is 7.75. The second-order valence-electron chi connectivity index (χ2n) is 4.36. The van der Waals surface area contributed by atoms with Crippen molar-refractivity contribution >= 4 is 5.97 Å². The number of hydrogen-bond acceptors (Lipinski definition) is 4. The van der Waals surface area contributed by atoms with Gasteiger partial charge in [0.2, 0.25) is 0 Å². The van der Waals surface area contributed by atoms with Gasteiger partial charge in [-0.2, -0.15) is 0 Å². The summed E-state index contributed by atoms with van der Waals surface area (Å²) in [5.41, 5.74) is 1.91. The molecule has 0 unspecified atom stereocenters. The van der Waals surface area contributed by atoms with Crippen LogP contribution in [-0.2, 0) is 13.0 Å². The fourth-order valence-corrected chi connectivity index (χ4v) is 2.08. The van der Waals surface area contributed by atoms with E-state index in [1.54, 1.807) is 0 Å². The Morgan fingerprint density at radius 1 is 1.38 bits per heavy atom. The van der Waals surface area contributed by atoms with E-state index in [0.29, 0.717) is 18.9 Å². The molecule has 1 fully saturated rings. The maximum Gasteiger partial charge on any atom is 0.354 e. The van der Waals surface area contributed by atoms with E-state index in [4.69, 9.17) is 5.11 Å². The number of carbonyl (C=O) groups is 1. The first kappa shape index (κ1) is 9.72. The van der Waals surface area contributed by atoms with Gasteiger partial charge in [0.05, 0.1) is 5.69 Å². The van der Waals surface area contributed by atoms with Crippen molar-refractivity contribution in [3.63, 3.8) is 0 Å². The van der Waals surface area contributed by atoms with Gasteiger partial charge in [-0.1, -0.05) is 0 Å². The Kier molecular flexibility index (Phi) is 2.14. The van der Waals surface area contributed by atoms with Gasteiger partial charge in [0.15, 0.2) is 5.69 Å². The molecule has 3 rings (SSSR count). The Balaban J connectivity index is 2.12. The van der Waals surface area contributed by atoms with Crippen LogP contribution in [0.15, 0.2) is 0 Å². The molecule has 16 heavy (non-hydrogen) atoms. The molecular formula is C11H13N3O2.